The monoisotopic (exact) mass is 352 g/mol. The summed E-state index contributed by atoms with van der Waals surface area (Å²) in [6, 6.07) is 17.7. The second-order valence-corrected chi connectivity index (χ2v) is 8.66. The van der Waals surface area contributed by atoms with E-state index in [2.05, 4.69) is 102 Å². The van der Waals surface area contributed by atoms with Gasteiger partial charge in [0.2, 0.25) is 0 Å². The van der Waals surface area contributed by atoms with Gasteiger partial charge in [-0.15, -0.1) is 0 Å². The van der Waals surface area contributed by atoms with Gasteiger partial charge in [0.25, 0.3) is 0 Å². The van der Waals surface area contributed by atoms with Crippen LogP contribution in [-0.4, -0.2) is 0 Å². The largest absolute Gasteiger partial charge is 0.0686 e. The van der Waals surface area contributed by atoms with Crippen molar-refractivity contribution in [1.29, 1.82) is 0 Å². The number of hydrogen-bond donors (Lipinski definition) is 0. The first kappa shape index (κ1) is 17.8. The van der Waals surface area contributed by atoms with Crippen LogP contribution >= 0.6 is 0 Å². The molecule has 0 heterocycles. The first-order valence-corrected chi connectivity index (χ1v) is 9.81. The third-order valence-corrected chi connectivity index (χ3v) is 6.02. The fourth-order valence-electron chi connectivity index (χ4n) is 4.51. The van der Waals surface area contributed by atoms with Gasteiger partial charge in [-0.05, 0) is 84.4 Å². The van der Waals surface area contributed by atoms with E-state index < -0.39 is 0 Å². The van der Waals surface area contributed by atoms with Gasteiger partial charge in [-0.3, -0.25) is 0 Å². The van der Waals surface area contributed by atoms with Gasteiger partial charge in [0.05, 0.1) is 0 Å². The van der Waals surface area contributed by atoms with Crippen LogP contribution < -0.4 is 0 Å². The Morgan fingerprint density at radius 2 is 0.889 bits per heavy atom. The number of rotatable bonds is 2. The Labute approximate surface area is 163 Å². The van der Waals surface area contributed by atoms with Crippen LogP contribution in [-0.2, 0) is 0 Å². The maximum Gasteiger partial charge on any atom is 0.0159 e. The number of fused-ring (bicyclic) bond motifs is 2. The molecule has 0 saturated heterocycles. The first-order valence-electron chi connectivity index (χ1n) is 9.81. The predicted molar refractivity (Wildman–Crippen MR) is 119 cm³/mol. The van der Waals surface area contributed by atoms with Crippen LogP contribution in [0.3, 0.4) is 0 Å². The zero-order chi connectivity index (χ0) is 19.3. The molecule has 0 atom stereocenters. The Bertz CT molecular complexity index is 971. The molecule has 0 aliphatic heterocycles. The fourth-order valence-corrected chi connectivity index (χ4v) is 4.51. The Morgan fingerprint density at radius 1 is 0.556 bits per heavy atom. The van der Waals surface area contributed by atoms with Crippen molar-refractivity contribution in [1.82, 2.24) is 0 Å². The van der Waals surface area contributed by atoms with Gasteiger partial charge in [0.15, 0.2) is 0 Å². The van der Waals surface area contributed by atoms with Crippen molar-refractivity contribution in [3.63, 3.8) is 0 Å². The quantitative estimate of drug-likeness (QED) is 0.517. The predicted octanol–water partition coefficient (Wildman–Crippen LogP) is 7.79. The van der Waals surface area contributed by atoms with E-state index >= 15 is 0 Å². The van der Waals surface area contributed by atoms with Crippen molar-refractivity contribution < 1.29 is 0 Å². The Morgan fingerprint density at radius 3 is 1.22 bits per heavy atom. The van der Waals surface area contributed by atoms with E-state index in [0.29, 0.717) is 0 Å². The molecule has 0 heteroatoms. The third kappa shape index (κ3) is 2.67. The second kappa shape index (κ2) is 6.23. The average Bonchev–Trinajstić information content (AvgIpc) is 3.22. The number of benzene rings is 2. The SMILES string of the molecule is CC(C)=C1C=C(C(C)(C)C2=CC(=C(C)C)c3ccccc32)c2ccccc21. The molecule has 0 aromatic heterocycles. The average molecular weight is 353 g/mol. The highest BCUT2D eigenvalue weighted by molar-refractivity contribution is 6.06. The molecule has 2 aromatic rings. The summed E-state index contributed by atoms with van der Waals surface area (Å²) < 4.78 is 0. The van der Waals surface area contributed by atoms with E-state index in [-0.39, 0.29) is 5.41 Å². The van der Waals surface area contributed by atoms with Crippen LogP contribution in [0.15, 0.2) is 71.8 Å². The molecule has 4 rings (SSSR count). The standard InChI is InChI=1S/C27H28/c1-17(2)23-15-25(21-13-9-7-11-19(21)23)27(5,6)26-16-24(18(3)4)20-12-8-10-14-22(20)26/h7-16H,1-6H3. The molecule has 0 N–H and O–H groups in total. The minimum absolute atomic E-state index is 0.0688. The summed E-state index contributed by atoms with van der Waals surface area (Å²) in [6.45, 7) is 13.6. The Hall–Kier alpha value is -2.60. The van der Waals surface area contributed by atoms with Crippen LogP contribution in [0.1, 0.15) is 63.8 Å². The molecular weight excluding hydrogens is 324 g/mol. The first-order chi connectivity index (χ1) is 12.8. The van der Waals surface area contributed by atoms with Crippen molar-refractivity contribution in [3.8, 4) is 0 Å². The summed E-state index contributed by atoms with van der Waals surface area (Å²) >= 11 is 0. The van der Waals surface area contributed by atoms with E-state index in [9.17, 15) is 0 Å². The lowest BCUT2D eigenvalue weighted by atomic mass is 9.73. The summed E-state index contributed by atoms with van der Waals surface area (Å²) in [5, 5.41) is 0. The zero-order valence-corrected chi connectivity index (χ0v) is 17.3. The van der Waals surface area contributed by atoms with Gasteiger partial charge in [-0.25, -0.2) is 0 Å². The van der Waals surface area contributed by atoms with Crippen molar-refractivity contribution >= 4 is 22.3 Å². The zero-order valence-electron chi connectivity index (χ0n) is 17.3. The van der Waals surface area contributed by atoms with Crippen molar-refractivity contribution in [3.05, 3.63) is 94.1 Å². The van der Waals surface area contributed by atoms with Crippen LogP contribution in [0.5, 0.6) is 0 Å². The smallest absolute Gasteiger partial charge is 0.0159 e. The fraction of sp³-hybridized carbons (Fsp3) is 0.259. The van der Waals surface area contributed by atoms with Gasteiger partial charge in [0, 0.05) is 5.41 Å². The molecular formula is C27H28. The maximum absolute atomic E-state index is 2.42. The molecule has 27 heavy (non-hydrogen) atoms. The Kier molecular flexibility index (Phi) is 4.11. The molecule has 0 radical (unpaired) electrons. The molecule has 136 valence electrons. The van der Waals surface area contributed by atoms with Gasteiger partial charge in [-0.2, -0.15) is 0 Å². The van der Waals surface area contributed by atoms with Crippen LogP contribution in [0.2, 0.25) is 0 Å². The molecule has 0 spiro atoms. The normalized spacial score (nSPS) is 15.3. The molecule has 0 bridgehead atoms. The highest BCUT2D eigenvalue weighted by Crippen LogP contribution is 2.55. The minimum atomic E-state index is -0.0688. The van der Waals surface area contributed by atoms with Gasteiger partial charge >= 0.3 is 0 Å². The van der Waals surface area contributed by atoms with Gasteiger partial charge in [-0.1, -0.05) is 73.5 Å². The van der Waals surface area contributed by atoms with Crippen molar-refractivity contribution in [2.24, 2.45) is 5.41 Å². The summed E-state index contributed by atoms with van der Waals surface area (Å²) in [5.41, 5.74) is 13.8. The minimum Gasteiger partial charge on any atom is -0.0686 e. The molecule has 2 aromatic carbocycles. The molecule has 2 aliphatic rings. The van der Waals surface area contributed by atoms with E-state index in [1.807, 2.05) is 0 Å². The number of allylic oxidation sites excluding steroid dienone is 8. The van der Waals surface area contributed by atoms with Crippen molar-refractivity contribution in [2.75, 3.05) is 0 Å². The van der Waals surface area contributed by atoms with Crippen LogP contribution in [0.25, 0.3) is 22.3 Å². The number of hydrogen-bond acceptors (Lipinski definition) is 0. The summed E-state index contributed by atoms with van der Waals surface area (Å²) in [4.78, 5) is 0. The molecule has 0 nitrogen and oxygen atoms in total. The second-order valence-electron chi connectivity index (χ2n) is 8.66. The van der Waals surface area contributed by atoms with E-state index in [1.165, 1.54) is 55.7 Å². The van der Waals surface area contributed by atoms with Gasteiger partial charge < -0.3 is 0 Å². The lowest BCUT2D eigenvalue weighted by Gasteiger charge is -2.30. The summed E-state index contributed by atoms with van der Waals surface area (Å²) in [6.07, 6.45) is 4.84. The van der Waals surface area contributed by atoms with E-state index in [0.717, 1.165) is 0 Å². The topological polar surface area (TPSA) is 0 Å². The summed E-state index contributed by atoms with van der Waals surface area (Å²) in [7, 11) is 0. The molecule has 2 aliphatic carbocycles. The summed E-state index contributed by atoms with van der Waals surface area (Å²) in [5.74, 6) is 0. The third-order valence-electron chi connectivity index (χ3n) is 6.02. The lowest BCUT2D eigenvalue weighted by Crippen LogP contribution is -2.15. The van der Waals surface area contributed by atoms with Crippen molar-refractivity contribution in [2.45, 2.75) is 41.5 Å². The molecule has 0 unspecified atom stereocenters. The highest BCUT2D eigenvalue weighted by Gasteiger charge is 2.37. The van der Waals surface area contributed by atoms with Crippen LogP contribution in [0, 0.1) is 5.41 Å². The molecule has 0 amide bonds. The Balaban J connectivity index is 1.94. The molecule has 0 fully saturated rings. The maximum atomic E-state index is 2.42. The van der Waals surface area contributed by atoms with E-state index in [1.54, 1.807) is 0 Å². The highest BCUT2D eigenvalue weighted by atomic mass is 14.4. The van der Waals surface area contributed by atoms with Crippen LogP contribution in [0.4, 0.5) is 0 Å². The molecule has 0 saturated carbocycles. The lowest BCUT2D eigenvalue weighted by molar-refractivity contribution is 0.676. The van der Waals surface area contributed by atoms with E-state index in [4.69, 9.17) is 0 Å². The van der Waals surface area contributed by atoms with Gasteiger partial charge in [0.1, 0.15) is 0 Å².